The maximum absolute atomic E-state index is 12.0. The second-order valence-electron chi connectivity index (χ2n) is 5.10. The minimum absolute atomic E-state index is 0.411. The van der Waals surface area contributed by atoms with E-state index in [1.54, 1.807) is 42.5 Å². The van der Waals surface area contributed by atoms with E-state index in [1.807, 2.05) is 0 Å². The topological polar surface area (TPSA) is 106 Å². The van der Waals surface area contributed by atoms with E-state index in [2.05, 4.69) is 15.4 Å². The van der Waals surface area contributed by atoms with Crippen LogP contribution in [0.2, 0.25) is 0 Å². The molecule has 0 bridgehead atoms. The van der Waals surface area contributed by atoms with Crippen molar-refractivity contribution in [3.05, 3.63) is 42.5 Å². The third-order valence-corrected chi connectivity index (χ3v) is 3.69. The summed E-state index contributed by atoms with van der Waals surface area (Å²) in [6.07, 6.45) is 1.07. The van der Waals surface area contributed by atoms with Crippen LogP contribution in [0.5, 0.6) is 11.5 Å². The molecule has 134 valence electrons. The number of hydrogen-bond acceptors (Lipinski definition) is 5. The van der Waals surface area contributed by atoms with Gasteiger partial charge in [-0.2, -0.15) is 0 Å². The normalized spacial score (nSPS) is 10.7. The molecular weight excluding hydrogens is 346 g/mol. The number of carbonyl (C=O) groups excluding carboxylic acids is 1. The molecule has 0 radical (unpaired) electrons. The number of amides is 2. The zero-order valence-corrected chi connectivity index (χ0v) is 14.8. The molecule has 25 heavy (non-hydrogen) atoms. The molecule has 0 aliphatic rings. The Kier molecular flexibility index (Phi) is 5.71. The van der Waals surface area contributed by atoms with Crippen LogP contribution in [0.25, 0.3) is 0 Å². The van der Waals surface area contributed by atoms with Crippen molar-refractivity contribution in [1.82, 2.24) is 0 Å². The SMILES string of the molecule is COc1ccc(NC(=O)Nc2ccc(NS(C)(=O)=O)cc2)cc1OC. The van der Waals surface area contributed by atoms with Gasteiger partial charge in [-0.05, 0) is 36.4 Å². The standard InChI is InChI=1S/C16H19N3O5S/c1-23-14-9-8-13(10-15(14)24-2)18-16(20)17-11-4-6-12(7-5-11)19-25(3,21)22/h4-10,19H,1-3H3,(H2,17,18,20). The van der Waals surface area contributed by atoms with Gasteiger partial charge in [0.05, 0.1) is 20.5 Å². The second-order valence-corrected chi connectivity index (χ2v) is 6.85. The molecule has 0 aliphatic carbocycles. The average molecular weight is 365 g/mol. The van der Waals surface area contributed by atoms with Crippen molar-refractivity contribution in [3.8, 4) is 11.5 Å². The minimum atomic E-state index is -3.34. The highest BCUT2D eigenvalue weighted by molar-refractivity contribution is 7.92. The Morgan fingerprint density at radius 2 is 1.36 bits per heavy atom. The van der Waals surface area contributed by atoms with Crippen molar-refractivity contribution in [3.63, 3.8) is 0 Å². The predicted molar refractivity (Wildman–Crippen MR) is 97.1 cm³/mol. The Morgan fingerprint density at radius 3 is 1.92 bits per heavy atom. The molecule has 3 N–H and O–H groups in total. The number of anilines is 3. The van der Waals surface area contributed by atoms with Gasteiger partial charge in [0.1, 0.15) is 0 Å². The highest BCUT2D eigenvalue weighted by Crippen LogP contribution is 2.29. The number of nitrogens with one attached hydrogen (secondary N) is 3. The van der Waals surface area contributed by atoms with E-state index in [9.17, 15) is 13.2 Å². The summed E-state index contributed by atoms with van der Waals surface area (Å²) in [5.41, 5.74) is 1.45. The molecule has 2 amide bonds. The quantitative estimate of drug-likeness (QED) is 0.730. The van der Waals surface area contributed by atoms with Gasteiger partial charge in [0, 0.05) is 23.1 Å². The van der Waals surface area contributed by atoms with Crippen molar-refractivity contribution in [2.75, 3.05) is 35.8 Å². The van der Waals surface area contributed by atoms with Crippen LogP contribution in [0, 0.1) is 0 Å². The van der Waals surface area contributed by atoms with Crippen molar-refractivity contribution >= 4 is 33.1 Å². The molecule has 0 saturated heterocycles. The number of sulfonamides is 1. The van der Waals surface area contributed by atoms with Crippen LogP contribution < -0.4 is 24.8 Å². The monoisotopic (exact) mass is 365 g/mol. The first kappa shape index (κ1) is 18.4. The predicted octanol–water partition coefficient (Wildman–Crippen LogP) is 2.72. The lowest BCUT2D eigenvalue weighted by Crippen LogP contribution is -2.19. The van der Waals surface area contributed by atoms with Crippen LogP contribution in [0.3, 0.4) is 0 Å². The first-order valence-electron chi connectivity index (χ1n) is 7.18. The fourth-order valence-electron chi connectivity index (χ4n) is 2.04. The number of carbonyl (C=O) groups is 1. The summed E-state index contributed by atoms with van der Waals surface area (Å²) in [5.74, 6) is 1.05. The maximum Gasteiger partial charge on any atom is 0.323 e. The molecule has 2 rings (SSSR count). The van der Waals surface area contributed by atoms with E-state index in [0.717, 1.165) is 6.26 Å². The lowest BCUT2D eigenvalue weighted by molar-refractivity contribution is 0.262. The Bertz CT molecular complexity index is 851. The third-order valence-electron chi connectivity index (χ3n) is 3.09. The van der Waals surface area contributed by atoms with E-state index >= 15 is 0 Å². The van der Waals surface area contributed by atoms with Crippen molar-refractivity contribution in [2.45, 2.75) is 0 Å². The van der Waals surface area contributed by atoms with Crippen LogP contribution >= 0.6 is 0 Å². The molecule has 9 heteroatoms. The van der Waals surface area contributed by atoms with Gasteiger partial charge in [-0.25, -0.2) is 13.2 Å². The Morgan fingerprint density at radius 1 is 0.840 bits per heavy atom. The average Bonchev–Trinajstić information content (AvgIpc) is 2.55. The van der Waals surface area contributed by atoms with Gasteiger partial charge in [0.2, 0.25) is 10.0 Å². The first-order chi connectivity index (χ1) is 11.8. The van der Waals surface area contributed by atoms with Gasteiger partial charge in [-0.3, -0.25) is 4.72 Å². The summed E-state index contributed by atoms with van der Waals surface area (Å²) in [5, 5.41) is 5.32. The molecule has 0 heterocycles. The summed E-state index contributed by atoms with van der Waals surface area (Å²) < 4.78 is 35.0. The van der Waals surface area contributed by atoms with Crippen molar-refractivity contribution < 1.29 is 22.7 Å². The van der Waals surface area contributed by atoms with E-state index in [4.69, 9.17) is 9.47 Å². The van der Waals surface area contributed by atoms with Gasteiger partial charge in [0.25, 0.3) is 0 Å². The van der Waals surface area contributed by atoms with Crippen molar-refractivity contribution in [2.24, 2.45) is 0 Å². The van der Waals surface area contributed by atoms with Gasteiger partial charge in [-0.15, -0.1) is 0 Å². The summed E-state index contributed by atoms with van der Waals surface area (Å²) in [7, 11) is -0.303. The van der Waals surface area contributed by atoms with E-state index < -0.39 is 16.1 Å². The molecule has 2 aromatic rings. The second kappa shape index (κ2) is 7.75. The number of rotatable bonds is 6. The van der Waals surface area contributed by atoms with Gasteiger partial charge in [-0.1, -0.05) is 0 Å². The largest absolute Gasteiger partial charge is 0.493 e. The molecule has 0 spiro atoms. The molecule has 0 aliphatic heterocycles. The van der Waals surface area contributed by atoms with E-state index in [-0.39, 0.29) is 0 Å². The molecule has 0 saturated carbocycles. The highest BCUT2D eigenvalue weighted by Gasteiger charge is 2.08. The first-order valence-corrected chi connectivity index (χ1v) is 9.08. The number of urea groups is 1. The van der Waals surface area contributed by atoms with Crippen LogP contribution in [0.4, 0.5) is 21.9 Å². The zero-order chi connectivity index (χ0) is 18.4. The minimum Gasteiger partial charge on any atom is -0.493 e. The van der Waals surface area contributed by atoms with Gasteiger partial charge >= 0.3 is 6.03 Å². The molecule has 8 nitrogen and oxygen atoms in total. The molecule has 2 aromatic carbocycles. The number of methoxy groups -OCH3 is 2. The molecule has 0 fully saturated rings. The van der Waals surface area contributed by atoms with E-state index in [0.29, 0.717) is 28.6 Å². The lowest BCUT2D eigenvalue weighted by atomic mass is 10.2. The highest BCUT2D eigenvalue weighted by atomic mass is 32.2. The van der Waals surface area contributed by atoms with Gasteiger partial charge < -0.3 is 20.1 Å². The fraction of sp³-hybridized carbons (Fsp3) is 0.188. The molecule has 0 aromatic heterocycles. The molecule has 0 unspecified atom stereocenters. The zero-order valence-electron chi connectivity index (χ0n) is 14.0. The van der Waals surface area contributed by atoms with Crippen LogP contribution in [-0.2, 0) is 10.0 Å². The summed E-state index contributed by atoms with van der Waals surface area (Å²) in [4.78, 5) is 12.0. The Hall–Kier alpha value is -2.94. The summed E-state index contributed by atoms with van der Waals surface area (Å²) in [6.45, 7) is 0. The lowest BCUT2D eigenvalue weighted by Gasteiger charge is -2.11. The number of ether oxygens (including phenoxy) is 2. The molecular formula is C16H19N3O5S. The van der Waals surface area contributed by atoms with Crippen molar-refractivity contribution in [1.29, 1.82) is 0 Å². The van der Waals surface area contributed by atoms with Gasteiger partial charge in [0.15, 0.2) is 11.5 Å². The number of benzene rings is 2. The van der Waals surface area contributed by atoms with Crippen LogP contribution in [0.15, 0.2) is 42.5 Å². The van der Waals surface area contributed by atoms with Crippen LogP contribution in [0.1, 0.15) is 0 Å². The number of hydrogen-bond donors (Lipinski definition) is 3. The maximum atomic E-state index is 12.0. The fourth-order valence-corrected chi connectivity index (χ4v) is 2.61. The van der Waals surface area contributed by atoms with Crippen LogP contribution in [-0.4, -0.2) is 34.9 Å². The Balaban J connectivity index is 2.00. The third kappa shape index (κ3) is 5.57. The summed E-state index contributed by atoms with van der Waals surface area (Å²) in [6, 6.07) is 10.8. The summed E-state index contributed by atoms with van der Waals surface area (Å²) >= 11 is 0. The smallest absolute Gasteiger partial charge is 0.323 e. The van der Waals surface area contributed by atoms with E-state index in [1.165, 1.54) is 14.2 Å². The molecule has 0 atom stereocenters. The Labute approximate surface area is 146 Å².